The van der Waals surface area contributed by atoms with Crippen molar-refractivity contribution < 1.29 is 13.7 Å². The van der Waals surface area contributed by atoms with Gasteiger partial charge in [-0.15, -0.1) is 0 Å². The smallest absolute Gasteiger partial charge is 0.310 e. The summed E-state index contributed by atoms with van der Waals surface area (Å²) in [5.74, 6) is -0.336. The molecule has 0 amide bonds. The van der Waals surface area contributed by atoms with Crippen LogP contribution in [-0.4, -0.2) is 40.9 Å². The van der Waals surface area contributed by atoms with E-state index in [1.165, 1.54) is 7.11 Å². The molecule has 0 aromatic carbocycles. The van der Waals surface area contributed by atoms with Crippen LogP contribution in [-0.2, 0) is 19.3 Å². The summed E-state index contributed by atoms with van der Waals surface area (Å²) >= 11 is 0. The van der Waals surface area contributed by atoms with Crippen molar-refractivity contribution in [3.05, 3.63) is 0 Å². The first-order chi connectivity index (χ1) is 6.53. The molecule has 0 aromatic rings. The van der Waals surface area contributed by atoms with Gasteiger partial charge in [-0.2, -0.15) is 0 Å². The molecule has 5 nitrogen and oxygen atoms in total. The van der Waals surface area contributed by atoms with Crippen LogP contribution in [0, 0.1) is 10.7 Å². The van der Waals surface area contributed by atoms with E-state index in [1.54, 1.807) is 0 Å². The Morgan fingerprint density at radius 3 is 2.71 bits per heavy atom. The van der Waals surface area contributed by atoms with Crippen molar-refractivity contribution in [3.63, 3.8) is 0 Å². The van der Waals surface area contributed by atoms with Gasteiger partial charge >= 0.3 is 5.97 Å². The molecule has 0 bridgehead atoms. The van der Waals surface area contributed by atoms with E-state index in [0.717, 1.165) is 0 Å². The van der Waals surface area contributed by atoms with Crippen LogP contribution in [0.15, 0.2) is 0 Å². The molecule has 2 heterocycles. The fraction of sp³-hybridized carbons (Fsp3) is 0.875. The Bertz CT molecular complexity index is 359. The topological polar surface area (TPSA) is 79.2 Å². The van der Waals surface area contributed by atoms with Crippen LogP contribution in [0.4, 0.5) is 0 Å². The van der Waals surface area contributed by atoms with Crippen molar-refractivity contribution in [2.75, 3.05) is 26.0 Å². The summed E-state index contributed by atoms with van der Waals surface area (Å²) in [4.78, 5) is 11.5. The van der Waals surface area contributed by atoms with Gasteiger partial charge < -0.3 is 10.1 Å². The van der Waals surface area contributed by atoms with Crippen LogP contribution in [0.25, 0.3) is 0 Å². The van der Waals surface area contributed by atoms with E-state index in [9.17, 15) is 9.00 Å². The van der Waals surface area contributed by atoms with Gasteiger partial charge in [0.2, 0.25) is 0 Å². The van der Waals surface area contributed by atoms with Crippen LogP contribution in [0.5, 0.6) is 0 Å². The summed E-state index contributed by atoms with van der Waals surface area (Å²) in [6.45, 7) is 1.02. The molecule has 2 atom stereocenters. The molecule has 80 valence electrons. The van der Waals surface area contributed by atoms with Gasteiger partial charge in [-0.3, -0.25) is 9.57 Å². The maximum absolute atomic E-state index is 12.0. The molecule has 14 heavy (non-hydrogen) atoms. The third kappa shape index (κ3) is 1.04. The van der Waals surface area contributed by atoms with Crippen molar-refractivity contribution >= 4 is 15.7 Å². The number of hydrogen-bond acceptors (Lipinski definition) is 5. The monoisotopic (exact) mass is 218 g/mol. The first-order valence-corrected chi connectivity index (χ1v) is 6.31. The Hall–Kier alpha value is -0.620. The van der Waals surface area contributed by atoms with Crippen molar-refractivity contribution in [2.24, 2.45) is 5.92 Å². The average molecular weight is 218 g/mol. The van der Waals surface area contributed by atoms with Crippen molar-refractivity contribution in [1.29, 1.82) is 4.78 Å². The molecule has 2 saturated heterocycles. The molecule has 2 rings (SSSR count). The number of rotatable bonds is 1. The zero-order chi connectivity index (χ0) is 10.4. The first-order valence-electron chi connectivity index (χ1n) is 4.58. The van der Waals surface area contributed by atoms with Crippen LogP contribution < -0.4 is 5.32 Å². The van der Waals surface area contributed by atoms with E-state index in [0.29, 0.717) is 25.3 Å². The van der Waals surface area contributed by atoms with E-state index in [1.807, 2.05) is 0 Å². The van der Waals surface area contributed by atoms with Gasteiger partial charge in [0, 0.05) is 18.8 Å². The van der Waals surface area contributed by atoms with Crippen LogP contribution in [0.2, 0.25) is 0 Å². The second kappa shape index (κ2) is 2.93. The molecule has 0 aromatic heterocycles. The number of ether oxygens (including phenoxy) is 1. The largest absolute Gasteiger partial charge is 0.469 e. The fourth-order valence-electron chi connectivity index (χ4n) is 2.31. The summed E-state index contributed by atoms with van der Waals surface area (Å²) in [7, 11) is -1.28. The van der Waals surface area contributed by atoms with E-state index >= 15 is 0 Å². The Morgan fingerprint density at radius 2 is 2.29 bits per heavy atom. The van der Waals surface area contributed by atoms with Gasteiger partial charge in [0.15, 0.2) is 0 Å². The molecule has 2 aliphatic heterocycles. The first kappa shape index (κ1) is 9.92. The second-order valence-electron chi connectivity index (χ2n) is 3.91. The maximum atomic E-state index is 12.0. The van der Waals surface area contributed by atoms with E-state index in [-0.39, 0.29) is 11.9 Å². The van der Waals surface area contributed by atoms with E-state index < -0.39 is 14.5 Å². The molecule has 0 saturated carbocycles. The van der Waals surface area contributed by atoms with Crippen LogP contribution in [0.1, 0.15) is 6.42 Å². The number of methoxy groups -OCH3 is 1. The summed E-state index contributed by atoms with van der Waals surface area (Å²) < 4.78 is 23.8. The predicted molar refractivity (Wildman–Crippen MR) is 51.5 cm³/mol. The number of carbonyl (C=O) groups excluding carboxylic acids is 1. The maximum Gasteiger partial charge on any atom is 0.310 e. The normalized spacial score (nSPS) is 39.4. The predicted octanol–water partition coefficient (Wildman–Crippen LogP) is -0.432. The summed E-state index contributed by atoms with van der Waals surface area (Å²) in [6.07, 6.45) is 0.524. The molecule has 2 unspecified atom stereocenters. The van der Waals surface area contributed by atoms with Gasteiger partial charge in [-0.1, -0.05) is 0 Å². The SMILES string of the molecule is COC(=O)C1CCS(=N)(=O)C12CNC2. The lowest BCUT2D eigenvalue weighted by atomic mass is 9.85. The van der Waals surface area contributed by atoms with Gasteiger partial charge in [0.1, 0.15) is 0 Å². The Balaban J connectivity index is 2.34. The average Bonchev–Trinajstić information content (AvgIpc) is 2.34. The molecule has 0 radical (unpaired) electrons. The lowest BCUT2D eigenvalue weighted by molar-refractivity contribution is -0.147. The summed E-state index contributed by atoms with van der Waals surface area (Å²) in [5.41, 5.74) is 0. The van der Waals surface area contributed by atoms with Gasteiger partial charge in [0.05, 0.1) is 27.5 Å². The highest BCUT2D eigenvalue weighted by molar-refractivity contribution is 7.94. The number of nitrogens with one attached hydrogen (secondary N) is 2. The molecular weight excluding hydrogens is 204 g/mol. The standard InChI is InChI=1S/C8H14N2O3S/c1-13-7(11)6-2-3-14(9,12)8(6)4-10-5-8/h6,9-10H,2-5H2,1H3. The highest BCUT2D eigenvalue weighted by Crippen LogP contribution is 2.41. The lowest BCUT2D eigenvalue weighted by Gasteiger charge is -2.42. The minimum Gasteiger partial charge on any atom is -0.469 e. The van der Waals surface area contributed by atoms with Crippen molar-refractivity contribution in [1.82, 2.24) is 5.32 Å². The van der Waals surface area contributed by atoms with Crippen molar-refractivity contribution in [3.8, 4) is 0 Å². The zero-order valence-electron chi connectivity index (χ0n) is 8.04. The Labute approximate surface area is 83.2 Å². The summed E-state index contributed by atoms with van der Waals surface area (Å²) in [6, 6.07) is 0. The molecule has 2 N–H and O–H groups in total. The third-order valence-electron chi connectivity index (χ3n) is 3.32. The van der Waals surface area contributed by atoms with Gasteiger partial charge in [-0.05, 0) is 6.42 Å². The number of hydrogen-bond donors (Lipinski definition) is 2. The minimum absolute atomic E-state index is 0.316. The van der Waals surface area contributed by atoms with Crippen molar-refractivity contribution in [2.45, 2.75) is 11.2 Å². The third-order valence-corrected chi connectivity index (χ3v) is 6.02. The van der Waals surface area contributed by atoms with Gasteiger partial charge in [0.25, 0.3) is 0 Å². The molecule has 2 aliphatic rings. The molecular formula is C8H14N2O3S. The molecule has 6 heteroatoms. The van der Waals surface area contributed by atoms with Gasteiger partial charge in [-0.25, -0.2) is 4.21 Å². The van der Waals surface area contributed by atoms with E-state index in [4.69, 9.17) is 4.78 Å². The quantitative estimate of drug-likeness (QED) is 0.585. The lowest BCUT2D eigenvalue weighted by Crippen LogP contribution is -2.66. The van der Waals surface area contributed by atoms with Crippen LogP contribution >= 0.6 is 0 Å². The highest BCUT2D eigenvalue weighted by atomic mass is 32.2. The molecule has 1 spiro atoms. The summed E-state index contributed by atoms with van der Waals surface area (Å²) in [5, 5.41) is 3.00. The Kier molecular flexibility index (Phi) is 2.08. The molecule has 2 fully saturated rings. The number of carbonyl (C=O) groups is 1. The fourth-order valence-corrected chi connectivity index (χ4v) is 4.62. The highest BCUT2D eigenvalue weighted by Gasteiger charge is 2.59. The minimum atomic E-state index is -2.62. The zero-order valence-corrected chi connectivity index (χ0v) is 8.86. The second-order valence-corrected chi connectivity index (χ2v) is 6.48. The van der Waals surface area contributed by atoms with Crippen LogP contribution in [0.3, 0.4) is 0 Å². The van der Waals surface area contributed by atoms with E-state index in [2.05, 4.69) is 10.1 Å². The molecule has 0 aliphatic carbocycles. The number of esters is 1. The Morgan fingerprint density at radius 1 is 1.64 bits per heavy atom.